The molecule has 0 aromatic carbocycles. The molecule has 6 atom stereocenters. The number of carbonyl (C=O) groups excluding carboxylic acids is 3. The molecule has 0 aromatic rings. The lowest BCUT2D eigenvalue weighted by atomic mass is 9.81. The molecule has 12 heteroatoms. The maximum atomic E-state index is 11.2. The molecule has 0 bridgehead atoms. The van der Waals surface area contributed by atoms with Gasteiger partial charge in [-0.05, 0) is 57.8 Å². The topological polar surface area (TPSA) is 191 Å². The summed E-state index contributed by atoms with van der Waals surface area (Å²) in [6.45, 7) is 0. The number of carboxylic acids is 3. The summed E-state index contributed by atoms with van der Waals surface area (Å²) in [6.07, 6.45) is 8.04. The lowest BCUT2D eigenvalue weighted by Crippen LogP contribution is -2.28. The van der Waals surface area contributed by atoms with Crippen LogP contribution in [0, 0.1) is 35.5 Å². The fourth-order valence-corrected chi connectivity index (χ4v) is 5.38. The minimum Gasteiger partial charge on any atom is -0.481 e. The Morgan fingerprint density at radius 2 is 0.641 bits per heavy atom. The third-order valence-corrected chi connectivity index (χ3v) is 7.67. The first-order valence-electron chi connectivity index (χ1n) is 13.4. The fraction of sp³-hybridized carbons (Fsp3) is 0.778. The van der Waals surface area contributed by atoms with Gasteiger partial charge in [-0.15, -0.1) is 0 Å². The molecule has 3 rings (SSSR count). The number of aliphatic carboxylic acids is 3. The van der Waals surface area contributed by atoms with Crippen molar-refractivity contribution in [3.8, 4) is 0 Å². The molecule has 0 saturated heterocycles. The van der Waals surface area contributed by atoms with Gasteiger partial charge in [0.25, 0.3) is 0 Å². The highest BCUT2D eigenvalue weighted by Crippen LogP contribution is 2.31. The van der Waals surface area contributed by atoms with Gasteiger partial charge in [0.2, 0.25) is 0 Å². The Morgan fingerprint density at radius 3 is 0.872 bits per heavy atom. The van der Waals surface area contributed by atoms with Crippen LogP contribution in [0.15, 0.2) is 0 Å². The second kappa shape index (κ2) is 17.4. The number of esters is 3. The quantitative estimate of drug-likeness (QED) is 0.319. The van der Waals surface area contributed by atoms with Crippen molar-refractivity contribution in [1.29, 1.82) is 0 Å². The van der Waals surface area contributed by atoms with Crippen LogP contribution in [0.1, 0.15) is 77.0 Å². The van der Waals surface area contributed by atoms with Crippen LogP contribution in [0.25, 0.3) is 0 Å². The minimum absolute atomic E-state index is 0.127. The van der Waals surface area contributed by atoms with Crippen LogP contribution in [0.5, 0.6) is 0 Å². The predicted molar refractivity (Wildman–Crippen MR) is 135 cm³/mol. The summed E-state index contributed by atoms with van der Waals surface area (Å²) >= 11 is 0. The van der Waals surface area contributed by atoms with Crippen molar-refractivity contribution in [3.63, 3.8) is 0 Å². The lowest BCUT2D eigenvalue weighted by Gasteiger charge is -2.25. The summed E-state index contributed by atoms with van der Waals surface area (Å²) in [5.74, 6) is -4.92. The summed E-state index contributed by atoms with van der Waals surface area (Å²) in [6, 6.07) is 0. The van der Waals surface area contributed by atoms with E-state index in [1.54, 1.807) is 0 Å². The molecule has 39 heavy (non-hydrogen) atoms. The van der Waals surface area contributed by atoms with Gasteiger partial charge in [-0.3, -0.25) is 28.8 Å². The molecule has 12 nitrogen and oxygen atoms in total. The third-order valence-electron chi connectivity index (χ3n) is 7.67. The fourth-order valence-electron chi connectivity index (χ4n) is 5.38. The van der Waals surface area contributed by atoms with E-state index in [0.717, 1.165) is 32.1 Å². The maximum Gasteiger partial charge on any atom is 0.308 e. The van der Waals surface area contributed by atoms with E-state index in [4.69, 9.17) is 15.3 Å². The average Bonchev–Trinajstić information content (AvgIpc) is 2.96. The Kier molecular flexibility index (Phi) is 15.1. The summed E-state index contributed by atoms with van der Waals surface area (Å²) in [5, 5.41) is 26.0. The summed E-state index contributed by atoms with van der Waals surface area (Å²) in [4.78, 5) is 65.3. The minimum atomic E-state index is -0.860. The smallest absolute Gasteiger partial charge is 0.308 e. The van der Waals surface area contributed by atoms with Gasteiger partial charge in [0, 0.05) is 0 Å². The number of methoxy groups -OCH3 is 3. The second-order valence-electron chi connectivity index (χ2n) is 10.3. The Labute approximate surface area is 228 Å². The van der Waals surface area contributed by atoms with E-state index < -0.39 is 29.7 Å². The van der Waals surface area contributed by atoms with E-state index in [1.165, 1.54) is 21.3 Å². The van der Waals surface area contributed by atoms with Gasteiger partial charge in [-0.25, -0.2) is 0 Å². The number of hydrogen-bond donors (Lipinski definition) is 3. The molecule has 6 unspecified atom stereocenters. The van der Waals surface area contributed by atoms with Gasteiger partial charge in [-0.2, -0.15) is 0 Å². The largest absolute Gasteiger partial charge is 0.481 e. The molecular formula is C27H42O12. The van der Waals surface area contributed by atoms with Gasteiger partial charge < -0.3 is 29.5 Å². The zero-order chi connectivity index (χ0) is 29.5. The Bertz CT molecular complexity index is 812. The number of ether oxygens (including phenoxy) is 3. The zero-order valence-electron chi connectivity index (χ0n) is 23.0. The van der Waals surface area contributed by atoms with Crippen molar-refractivity contribution in [1.82, 2.24) is 0 Å². The van der Waals surface area contributed by atoms with Gasteiger partial charge in [0.05, 0.1) is 56.8 Å². The number of carbonyl (C=O) groups is 6. The summed E-state index contributed by atoms with van der Waals surface area (Å²) in [7, 11) is 4.10. The molecule has 0 spiro atoms. The molecular weight excluding hydrogens is 516 g/mol. The average molecular weight is 559 g/mol. The van der Waals surface area contributed by atoms with Gasteiger partial charge in [-0.1, -0.05) is 19.3 Å². The van der Waals surface area contributed by atoms with Crippen LogP contribution >= 0.6 is 0 Å². The van der Waals surface area contributed by atoms with Crippen LogP contribution in [-0.4, -0.2) is 72.5 Å². The molecule has 0 heterocycles. The van der Waals surface area contributed by atoms with Crippen LogP contribution in [0.2, 0.25) is 0 Å². The third kappa shape index (κ3) is 11.6. The van der Waals surface area contributed by atoms with E-state index in [0.29, 0.717) is 44.9 Å². The number of hydrogen-bond acceptors (Lipinski definition) is 9. The first-order chi connectivity index (χ1) is 18.4. The first kappa shape index (κ1) is 33.8. The monoisotopic (exact) mass is 558 g/mol. The molecule has 0 aliphatic heterocycles. The lowest BCUT2D eigenvalue weighted by molar-refractivity contribution is -0.153. The van der Waals surface area contributed by atoms with E-state index in [1.807, 2.05) is 0 Å². The normalized spacial score (nSPS) is 28.1. The SMILES string of the molecule is COC(=O)C1CCCC(C(=O)O)C1.COC(=O)C1CCCC(C(=O)OC)C1.O=C(O)C1CCCC(C(=O)O)C1. The molecule has 3 aliphatic carbocycles. The van der Waals surface area contributed by atoms with Crippen molar-refractivity contribution in [3.05, 3.63) is 0 Å². The van der Waals surface area contributed by atoms with Gasteiger partial charge in [0.15, 0.2) is 0 Å². The van der Waals surface area contributed by atoms with Crippen LogP contribution in [0.4, 0.5) is 0 Å². The first-order valence-corrected chi connectivity index (χ1v) is 13.4. The summed E-state index contributed by atoms with van der Waals surface area (Å²) in [5.41, 5.74) is 0. The molecule has 3 aliphatic rings. The highest BCUT2D eigenvalue weighted by Gasteiger charge is 2.33. The van der Waals surface area contributed by atoms with Crippen LogP contribution < -0.4 is 0 Å². The van der Waals surface area contributed by atoms with Crippen LogP contribution in [-0.2, 0) is 43.0 Å². The standard InChI is InChI=1S/C10H16O4.C9H14O4.C8H12O4/c1-13-9(11)7-4-3-5-8(6-7)10(12)14-2;1-13-9(12)7-4-2-3-6(5-7)8(10)11;9-7(10)5-2-1-3-6(4-5)8(11)12/h7-8H,3-6H2,1-2H3;6-7H,2-5H2,1H3,(H,10,11);5-6H,1-4H2,(H,9,10)(H,11,12). The molecule has 0 amide bonds. The molecule has 0 aromatic heterocycles. The van der Waals surface area contributed by atoms with Gasteiger partial charge in [0.1, 0.15) is 0 Å². The highest BCUT2D eigenvalue weighted by atomic mass is 16.5. The molecule has 3 fully saturated rings. The Morgan fingerprint density at radius 1 is 0.436 bits per heavy atom. The van der Waals surface area contributed by atoms with Crippen molar-refractivity contribution in [2.45, 2.75) is 77.0 Å². The second-order valence-corrected chi connectivity index (χ2v) is 10.3. The van der Waals surface area contributed by atoms with Crippen LogP contribution in [0.3, 0.4) is 0 Å². The van der Waals surface area contributed by atoms with Crippen molar-refractivity contribution >= 4 is 35.8 Å². The predicted octanol–water partition coefficient (Wildman–Crippen LogP) is 3.15. The molecule has 3 saturated carbocycles. The van der Waals surface area contributed by atoms with Crippen molar-refractivity contribution in [2.24, 2.45) is 35.5 Å². The molecule has 0 radical (unpaired) electrons. The van der Waals surface area contributed by atoms with Crippen molar-refractivity contribution < 1.29 is 58.3 Å². The van der Waals surface area contributed by atoms with E-state index >= 15 is 0 Å². The Hall–Kier alpha value is -3.18. The number of carboxylic acid groups (broad SMARTS) is 3. The zero-order valence-corrected chi connectivity index (χ0v) is 23.0. The molecule has 222 valence electrons. The van der Waals surface area contributed by atoms with E-state index in [2.05, 4.69) is 14.2 Å². The maximum absolute atomic E-state index is 11.2. The molecule has 3 N–H and O–H groups in total. The summed E-state index contributed by atoms with van der Waals surface area (Å²) < 4.78 is 13.9. The van der Waals surface area contributed by atoms with Crippen molar-refractivity contribution in [2.75, 3.05) is 21.3 Å². The van der Waals surface area contributed by atoms with Gasteiger partial charge >= 0.3 is 35.8 Å². The number of rotatable bonds is 6. The highest BCUT2D eigenvalue weighted by molar-refractivity contribution is 5.77. The van der Waals surface area contributed by atoms with E-state index in [-0.39, 0.29) is 41.6 Å². The van der Waals surface area contributed by atoms with E-state index in [9.17, 15) is 28.8 Å². The Balaban J connectivity index is 0.000000293.